The molecule has 3 heteroatoms. The van der Waals surface area contributed by atoms with Gasteiger partial charge in [0.25, 0.3) is 0 Å². The van der Waals surface area contributed by atoms with Crippen molar-refractivity contribution in [2.45, 2.75) is 39.2 Å². The number of aliphatic hydroxyl groups excluding tert-OH is 1. The third kappa shape index (κ3) is 4.18. The summed E-state index contributed by atoms with van der Waals surface area (Å²) < 4.78 is 0. The Hall–Kier alpha value is -0.700. The lowest BCUT2D eigenvalue weighted by Gasteiger charge is -2.18. The molecule has 0 saturated carbocycles. The van der Waals surface area contributed by atoms with E-state index in [1.165, 1.54) is 0 Å². The summed E-state index contributed by atoms with van der Waals surface area (Å²) >= 11 is 0. The van der Waals surface area contributed by atoms with Crippen LogP contribution in [0.5, 0.6) is 0 Å². The Morgan fingerprint density at radius 2 is 1.77 bits per heavy atom. The summed E-state index contributed by atoms with van der Waals surface area (Å²) in [6.45, 7) is 3.75. The van der Waals surface area contributed by atoms with E-state index in [1.54, 1.807) is 0 Å². The molecule has 13 heavy (non-hydrogen) atoms. The Balaban J connectivity index is 4.01. The molecule has 0 bridgehead atoms. The fourth-order valence-corrected chi connectivity index (χ4v) is 1.26. The number of hydrogen-bond donors (Lipinski definition) is 1. The van der Waals surface area contributed by atoms with Gasteiger partial charge >= 0.3 is 0 Å². The summed E-state index contributed by atoms with van der Waals surface area (Å²) in [4.78, 5) is 21.0. The second-order valence-corrected chi connectivity index (χ2v) is 3.32. The molecule has 0 radical (unpaired) electrons. The molecule has 1 N–H and O–H groups in total. The van der Waals surface area contributed by atoms with Crippen LogP contribution in [-0.4, -0.2) is 23.8 Å². The number of hydrogen-bond acceptors (Lipinski definition) is 3. The quantitative estimate of drug-likeness (QED) is 0.607. The summed E-state index contributed by atoms with van der Waals surface area (Å²) in [5.41, 5.74) is 0. The van der Waals surface area contributed by atoms with E-state index < -0.39 is 6.10 Å². The molecule has 0 aliphatic heterocycles. The first-order chi connectivity index (χ1) is 6.19. The number of aldehydes is 2. The monoisotopic (exact) mass is 186 g/mol. The minimum Gasteiger partial charge on any atom is -0.392 e. The van der Waals surface area contributed by atoms with Crippen LogP contribution in [0.1, 0.15) is 33.1 Å². The Bertz CT molecular complexity index is 156. The van der Waals surface area contributed by atoms with Crippen molar-refractivity contribution < 1.29 is 14.7 Å². The number of carbonyl (C=O) groups excluding carboxylic acids is 2. The maximum Gasteiger partial charge on any atom is 0.125 e. The predicted molar refractivity (Wildman–Crippen MR) is 50.3 cm³/mol. The van der Waals surface area contributed by atoms with Gasteiger partial charge in [0.05, 0.1) is 6.10 Å². The lowest BCUT2D eigenvalue weighted by molar-refractivity contribution is -0.117. The average molecular weight is 186 g/mol. The van der Waals surface area contributed by atoms with Crippen LogP contribution in [0.25, 0.3) is 0 Å². The second-order valence-electron chi connectivity index (χ2n) is 3.32. The van der Waals surface area contributed by atoms with Crippen LogP contribution in [0.15, 0.2) is 0 Å². The number of aliphatic hydroxyl groups is 1. The van der Waals surface area contributed by atoms with Gasteiger partial charge in [-0.25, -0.2) is 0 Å². The Morgan fingerprint density at radius 3 is 2.08 bits per heavy atom. The molecule has 3 nitrogen and oxygen atoms in total. The lowest BCUT2D eigenvalue weighted by atomic mass is 9.91. The molecule has 0 aliphatic rings. The van der Waals surface area contributed by atoms with Crippen molar-refractivity contribution in [1.82, 2.24) is 0 Å². The summed E-state index contributed by atoms with van der Waals surface area (Å²) in [6, 6.07) is 0. The molecule has 76 valence electrons. The Morgan fingerprint density at radius 1 is 1.15 bits per heavy atom. The van der Waals surface area contributed by atoms with Crippen molar-refractivity contribution in [1.29, 1.82) is 0 Å². The van der Waals surface area contributed by atoms with E-state index in [2.05, 4.69) is 0 Å². The Kier molecular flexibility index (Phi) is 6.41. The van der Waals surface area contributed by atoms with E-state index in [0.717, 1.165) is 19.0 Å². The molecule has 3 atom stereocenters. The first-order valence-electron chi connectivity index (χ1n) is 4.78. The fraction of sp³-hybridized carbons (Fsp3) is 0.800. The minimum atomic E-state index is -0.669. The van der Waals surface area contributed by atoms with Crippen LogP contribution in [0.4, 0.5) is 0 Å². The van der Waals surface area contributed by atoms with E-state index >= 15 is 0 Å². The van der Waals surface area contributed by atoms with Gasteiger partial charge in [-0.05, 0) is 19.3 Å². The topological polar surface area (TPSA) is 54.4 Å². The molecule has 0 aliphatic carbocycles. The van der Waals surface area contributed by atoms with Crippen LogP contribution < -0.4 is 0 Å². The van der Waals surface area contributed by atoms with Crippen molar-refractivity contribution in [2.75, 3.05) is 0 Å². The molecule has 0 fully saturated rings. The molecular weight excluding hydrogens is 168 g/mol. The van der Waals surface area contributed by atoms with Crippen LogP contribution in [0.3, 0.4) is 0 Å². The molecular formula is C10H18O3. The van der Waals surface area contributed by atoms with E-state index in [9.17, 15) is 14.7 Å². The highest BCUT2D eigenvalue weighted by atomic mass is 16.3. The summed E-state index contributed by atoms with van der Waals surface area (Å²) in [7, 11) is 0. The highest BCUT2D eigenvalue weighted by molar-refractivity contribution is 5.56. The van der Waals surface area contributed by atoms with Gasteiger partial charge < -0.3 is 14.7 Å². The normalized spacial score (nSPS) is 17.5. The smallest absolute Gasteiger partial charge is 0.125 e. The molecule has 0 amide bonds. The van der Waals surface area contributed by atoms with Crippen molar-refractivity contribution in [3.05, 3.63) is 0 Å². The van der Waals surface area contributed by atoms with Crippen molar-refractivity contribution in [3.63, 3.8) is 0 Å². The molecule has 3 unspecified atom stereocenters. The molecule has 0 aromatic rings. The van der Waals surface area contributed by atoms with Gasteiger partial charge in [0, 0.05) is 11.8 Å². The zero-order valence-corrected chi connectivity index (χ0v) is 8.27. The average Bonchev–Trinajstić information content (AvgIpc) is 2.16. The molecule has 0 saturated heterocycles. The molecule has 0 heterocycles. The summed E-state index contributed by atoms with van der Waals surface area (Å²) in [6.07, 6.45) is 2.69. The van der Waals surface area contributed by atoms with E-state index in [0.29, 0.717) is 12.8 Å². The van der Waals surface area contributed by atoms with Gasteiger partial charge in [0.1, 0.15) is 12.6 Å². The van der Waals surface area contributed by atoms with Crippen molar-refractivity contribution in [3.8, 4) is 0 Å². The molecule has 0 spiro atoms. The Labute approximate surface area is 79.1 Å². The standard InChI is InChI=1S/C10H18O3/c1-3-8(6-11)5-10(13)9(4-2)7-12/h6-10,13H,3-5H2,1-2H3. The minimum absolute atomic E-state index is 0.121. The third-order valence-corrected chi connectivity index (χ3v) is 2.40. The van der Waals surface area contributed by atoms with Gasteiger partial charge in [-0.2, -0.15) is 0 Å². The van der Waals surface area contributed by atoms with Crippen LogP contribution in [0, 0.1) is 11.8 Å². The number of carbonyl (C=O) groups is 2. The highest BCUT2D eigenvalue weighted by Gasteiger charge is 2.19. The summed E-state index contributed by atoms with van der Waals surface area (Å²) in [5.74, 6) is -0.446. The van der Waals surface area contributed by atoms with Crippen LogP contribution in [-0.2, 0) is 9.59 Å². The van der Waals surface area contributed by atoms with Gasteiger partial charge in [-0.15, -0.1) is 0 Å². The molecule has 0 rings (SSSR count). The van der Waals surface area contributed by atoms with Crippen molar-refractivity contribution in [2.24, 2.45) is 11.8 Å². The van der Waals surface area contributed by atoms with Crippen LogP contribution in [0.2, 0.25) is 0 Å². The van der Waals surface area contributed by atoms with E-state index in [1.807, 2.05) is 13.8 Å². The molecule has 0 aromatic carbocycles. The third-order valence-electron chi connectivity index (χ3n) is 2.40. The summed E-state index contributed by atoms with van der Waals surface area (Å²) in [5, 5.41) is 9.55. The maximum absolute atomic E-state index is 10.5. The van der Waals surface area contributed by atoms with Gasteiger partial charge in [-0.3, -0.25) is 0 Å². The zero-order chi connectivity index (χ0) is 10.3. The maximum atomic E-state index is 10.5. The first-order valence-corrected chi connectivity index (χ1v) is 4.78. The van der Waals surface area contributed by atoms with Gasteiger partial charge in [0.15, 0.2) is 0 Å². The SMILES string of the molecule is CCC(C=O)CC(O)C(C=O)CC. The van der Waals surface area contributed by atoms with E-state index in [4.69, 9.17) is 0 Å². The van der Waals surface area contributed by atoms with Crippen molar-refractivity contribution >= 4 is 12.6 Å². The second kappa shape index (κ2) is 6.78. The number of rotatable bonds is 7. The highest BCUT2D eigenvalue weighted by Crippen LogP contribution is 2.15. The first kappa shape index (κ1) is 12.3. The van der Waals surface area contributed by atoms with Gasteiger partial charge in [-0.1, -0.05) is 13.8 Å². The fourth-order valence-electron chi connectivity index (χ4n) is 1.26. The van der Waals surface area contributed by atoms with E-state index in [-0.39, 0.29) is 11.8 Å². The largest absolute Gasteiger partial charge is 0.392 e. The van der Waals surface area contributed by atoms with Crippen LogP contribution >= 0.6 is 0 Å². The van der Waals surface area contributed by atoms with Gasteiger partial charge in [0.2, 0.25) is 0 Å². The lowest BCUT2D eigenvalue weighted by Crippen LogP contribution is -2.24. The predicted octanol–water partition coefficient (Wildman–Crippen LogP) is 1.19. The zero-order valence-electron chi connectivity index (χ0n) is 8.27. The molecule has 0 aromatic heterocycles.